The van der Waals surface area contributed by atoms with Crippen molar-refractivity contribution in [2.45, 2.75) is 68.9 Å². The molecule has 2 N–H and O–H groups in total. The Morgan fingerprint density at radius 3 is 2.42 bits per heavy atom. The van der Waals surface area contributed by atoms with Crippen molar-refractivity contribution in [1.82, 2.24) is 10.2 Å². The molecule has 8 heteroatoms. The van der Waals surface area contributed by atoms with Crippen LogP contribution < -0.4 is 10.6 Å². The first kappa shape index (κ1) is 25.1. The second-order valence-corrected chi connectivity index (χ2v) is 11.6. The summed E-state index contributed by atoms with van der Waals surface area (Å²) in [4.78, 5) is 43.4. The van der Waals surface area contributed by atoms with Gasteiger partial charge < -0.3 is 20.3 Å². The third-order valence-corrected chi connectivity index (χ3v) is 8.84. The van der Waals surface area contributed by atoms with E-state index in [4.69, 9.17) is 16.3 Å². The largest absolute Gasteiger partial charge is 0.356 e. The van der Waals surface area contributed by atoms with Crippen LogP contribution in [0.15, 0.2) is 66.7 Å². The van der Waals surface area contributed by atoms with Crippen LogP contribution in [-0.2, 0) is 25.7 Å². The number of nitrogens with zero attached hydrogens (tertiary/aromatic N) is 1. The molecule has 2 saturated heterocycles. The molecule has 2 aromatic carbocycles. The summed E-state index contributed by atoms with van der Waals surface area (Å²) in [6.07, 6.45) is 8.89. The topological polar surface area (TPSA) is 87.7 Å². The molecule has 0 radical (unpaired) electrons. The van der Waals surface area contributed by atoms with Gasteiger partial charge in [-0.1, -0.05) is 73.3 Å². The van der Waals surface area contributed by atoms with Gasteiger partial charge in [-0.3, -0.25) is 14.4 Å². The van der Waals surface area contributed by atoms with Gasteiger partial charge >= 0.3 is 0 Å². The average molecular weight is 534 g/mol. The van der Waals surface area contributed by atoms with E-state index in [0.29, 0.717) is 10.7 Å². The van der Waals surface area contributed by atoms with E-state index < -0.39 is 29.1 Å². The molecule has 6 rings (SSSR count). The number of ether oxygens (including phenoxy) is 1. The lowest BCUT2D eigenvalue weighted by molar-refractivity contribution is -0.145. The number of hydrogen-bond acceptors (Lipinski definition) is 4. The molecule has 1 aliphatic carbocycles. The Kier molecular flexibility index (Phi) is 6.31. The molecule has 38 heavy (non-hydrogen) atoms. The van der Waals surface area contributed by atoms with Crippen LogP contribution in [0, 0.1) is 11.8 Å². The average Bonchev–Trinajstić information content (AvgIpc) is 3.47. The predicted molar refractivity (Wildman–Crippen MR) is 144 cm³/mol. The fraction of sp³-hybridized carbons (Fsp3) is 0.433. The molecule has 2 aromatic rings. The van der Waals surface area contributed by atoms with Crippen LogP contribution >= 0.6 is 11.6 Å². The molecule has 4 aliphatic rings. The number of hydrogen-bond donors (Lipinski definition) is 2. The van der Waals surface area contributed by atoms with E-state index in [1.54, 1.807) is 17.0 Å². The van der Waals surface area contributed by atoms with Gasteiger partial charge in [0.2, 0.25) is 17.7 Å². The number of carbonyl (C=O) groups excluding carboxylic acids is 3. The standard InChI is InChI=1S/C30H32ClN3O4/c1-29-16-17-30(38-29)24(23(29)26(35)32-21-8-4-2-5-9-21)28(37)34(18-19-12-14-20(31)15-13-19)25(30)27(36)33-22-10-6-3-7-11-22/h2,4-5,8-9,12-17,22-25H,3,6-7,10-11,18H2,1H3,(H,32,35)(H,33,36)/t23-,24-,25-,29-,30+/m0/s1. The van der Waals surface area contributed by atoms with Crippen molar-refractivity contribution in [3.63, 3.8) is 0 Å². The van der Waals surface area contributed by atoms with Gasteiger partial charge in [0.1, 0.15) is 11.6 Å². The predicted octanol–water partition coefficient (Wildman–Crippen LogP) is 4.47. The minimum atomic E-state index is -1.21. The van der Waals surface area contributed by atoms with Crippen molar-refractivity contribution in [1.29, 1.82) is 0 Å². The normalized spacial score (nSPS) is 31.9. The smallest absolute Gasteiger partial charge is 0.246 e. The molecular formula is C30H32ClN3O4. The summed E-state index contributed by atoms with van der Waals surface area (Å²) in [5.74, 6) is -2.34. The number of para-hydroxylation sites is 1. The minimum Gasteiger partial charge on any atom is -0.356 e. The van der Waals surface area contributed by atoms with Crippen molar-refractivity contribution in [2.24, 2.45) is 11.8 Å². The summed E-state index contributed by atoms with van der Waals surface area (Å²) in [6, 6.07) is 15.6. The highest BCUT2D eigenvalue weighted by molar-refractivity contribution is 6.30. The summed E-state index contributed by atoms with van der Waals surface area (Å²) in [7, 11) is 0. The Morgan fingerprint density at radius 2 is 1.71 bits per heavy atom. The van der Waals surface area contributed by atoms with Crippen molar-refractivity contribution >= 4 is 35.0 Å². The summed E-state index contributed by atoms with van der Waals surface area (Å²) in [5, 5.41) is 6.79. The maximum atomic E-state index is 14.2. The summed E-state index contributed by atoms with van der Waals surface area (Å²) in [5.41, 5.74) is -0.702. The molecule has 7 nitrogen and oxygen atoms in total. The molecule has 5 atom stereocenters. The highest BCUT2D eigenvalue weighted by Crippen LogP contribution is 2.60. The number of likely N-dealkylation sites (tertiary alicyclic amines) is 1. The van der Waals surface area contributed by atoms with Crippen LogP contribution in [-0.4, -0.2) is 45.9 Å². The lowest BCUT2D eigenvalue weighted by Gasteiger charge is -2.34. The van der Waals surface area contributed by atoms with Gasteiger partial charge in [0.25, 0.3) is 0 Å². The zero-order chi connectivity index (χ0) is 26.5. The van der Waals surface area contributed by atoms with E-state index in [1.165, 1.54) is 6.42 Å². The first-order valence-corrected chi connectivity index (χ1v) is 13.8. The highest BCUT2D eigenvalue weighted by atomic mass is 35.5. The minimum absolute atomic E-state index is 0.0783. The quantitative estimate of drug-likeness (QED) is 0.536. The Bertz CT molecular complexity index is 1280. The fourth-order valence-electron chi connectivity index (χ4n) is 6.85. The number of benzene rings is 2. The molecule has 3 heterocycles. The second kappa shape index (κ2) is 9.54. The van der Waals surface area contributed by atoms with Gasteiger partial charge in [-0.25, -0.2) is 0 Å². The van der Waals surface area contributed by atoms with Crippen LogP contribution in [0.3, 0.4) is 0 Å². The molecule has 3 aliphatic heterocycles. The van der Waals surface area contributed by atoms with Gasteiger partial charge in [0.15, 0.2) is 0 Å². The lowest BCUT2D eigenvalue weighted by Crippen LogP contribution is -2.56. The Labute approximate surface area is 227 Å². The second-order valence-electron chi connectivity index (χ2n) is 11.1. The first-order chi connectivity index (χ1) is 18.3. The van der Waals surface area contributed by atoms with Crippen molar-refractivity contribution < 1.29 is 19.1 Å². The number of amides is 3. The zero-order valence-electron chi connectivity index (χ0n) is 21.4. The number of halogens is 1. The Hall–Kier alpha value is -3.16. The van der Waals surface area contributed by atoms with E-state index in [0.717, 1.165) is 31.2 Å². The number of carbonyl (C=O) groups is 3. The molecule has 1 saturated carbocycles. The summed E-state index contributed by atoms with van der Waals surface area (Å²) in [6.45, 7) is 2.05. The van der Waals surface area contributed by atoms with E-state index in [-0.39, 0.29) is 30.3 Å². The maximum Gasteiger partial charge on any atom is 0.246 e. The Balaban J connectivity index is 1.36. The third kappa shape index (κ3) is 4.12. The number of anilines is 1. The van der Waals surface area contributed by atoms with E-state index >= 15 is 0 Å². The van der Waals surface area contributed by atoms with Gasteiger partial charge in [-0.15, -0.1) is 0 Å². The van der Waals surface area contributed by atoms with Gasteiger partial charge in [-0.2, -0.15) is 0 Å². The van der Waals surface area contributed by atoms with E-state index in [2.05, 4.69) is 10.6 Å². The van der Waals surface area contributed by atoms with Crippen LogP contribution in [0.1, 0.15) is 44.6 Å². The molecule has 1 spiro atoms. The SMILES string of the molecule is C[C@@]12C=C[C@@]3(O1)[C@H](C(=O)N(Cc1ccc(Cl)cc1)[C@H]3C(=O)NC1CCCCC1)[C@H]2C(=O)Nc1ccccc1. The molecule has 0 aromatic heterocycles. The van der Waals surface area contributed by atoms with Crippen LogP contribution in [0.4, 0.5) is 5.69 Å². The number of fused-ring (bicyclic) bond motifs is 1. The van der Waals surface area contributed by atoms with Crippen LogP contribution in [0.25, 0.3) is 0 Å². The summed E-state index contributed by atoms with van der Waals surface area (Å²) >= 11 is 6.09. The van der Waals surface area contributed by atoms with E-state index in [1.807, 2.05) is 61.5 Å². The maximum absolute atomic E-state index is 14.2. The molecular weight excluding hydrogens is 502 g/mol. The molecule has 3 amide bonds. The van der Waals surface area contributed by atoms with Gasteiger partial charge in [0, 0.05) is 23.3 Å². The first-order valence-electron chi connectivity index (χ1n) is 13.4. The van der Waals surface area contributed by atoms with Crippen molar-refractivity contribution in [3.05, 3.63) is 77.3 Å². The Morgan fingerprint density at radius 1 is 1.00 bits per heavy atom. The number of rotatable bonds is 6. The van der Waals surface area contributed by atoms with Crippen LogP contribution in [0.5, 0.6) is 0 Å². The molecule has 198 valence electrons. The number of nitrogens with one attached hydrogen (secondary N) is 2. The molecule has 0 unspecified atom stereocenters. The van der Waals surface area contributed by atoms with Crippen molar-refractivity contribution in [3.8, 4) is 0 Å². The molecule has 3 fully saturated rings. The highest BCUT2D eigenvalue weighted by Gasteiger charge is 2.76. The summed E-state index contributed by atoms with van der Waals surface area (Å²) < 4.78 is 6.61. The third-order valence-electron chi connectivity index (χ3n) is 8.59. The monoisotopic (exact) mass is 533 g/mol. The fourth-order valence-corrected chi connectivity index (χ4v) is 6.98. The molecule has 2 bridgehead atoms. The zero-order valence-corrected chi connectivity index (χ0v) is 22.1. The van der Waals surface area contributed by atoms with E-state index in [9.17, 15) is 14.4 Å². The van der Waals surface area contributed by atoms with Gasteiger partial charge in [-0.05, 0) is 49.6 Å². The lowest BCUT2D eigenvalue weighted by atomic mass is 9.70. The van der Waals surface area contributed by atoms with Gasteiger partial charge in [0.05, 0.1) is 17.4 Å². The van der Waals surface area contributed by atoms with Crippen LogP contribution in [0.2, 0.25) is 5.02 Å². The van der Waals surface area contributed by atoms with Crippen molar-refractivity contribution in [2.75, 3.05) is 5.32 Å².